The third kappa shape index (κ3) is 5.04. The molecule has 1 fully saturated rings. The SMILES string of the molecule is CCN(CC)/[N+]([O-])=N/OCC1=C(C(=O)O)N2C(=O)C(CC(=O)Cc3ccccc3)C2SC1. The molecule has 2 aliphatic heterocycles. The van der Waals surface area contributed by atoms with Crippen molar-refractivity contribution in [2.24, 2.45) is 11.2 Å². The molecule has 3 rings (SSSR count). The molecule has 2 unspecified atom stereocenters. The average Bonchev–Trinajstić information content (AvgIpc) is 2.78. The van der Waals surface area contributed by atoms with E-state index >= 15 is 0 Å². The maximum Gasteiger partial charge on any atom is 0.352 e. The van der Waals surface area contributed by atoms with Gasteiger partial charge in [0.2, 0.25) is 11.2 Å². The number of rotatable bonds is 11. The van der Waals surface area contributed by atoms with Crippen LogP contribution < -0.4 is 0 Å². The second kappa shape index (κ2) is 10.5. The summed E-state index contributed by atoms with van der Waals surface area (Å²) >= 11 is 1.38. The minimum atomic E-state index is -1.25. The van der Waals surface area contributed by atoms with Crippen LogP contribution in [0.15, 0.2) is 46.9 Å². The topological polar surface area (TPSA) is 126 Å². The van der Waals surface area contributed by atoms with Crippen molar-refractivity contribution in [1.29, 1.82) is 0 Å². The summed E-state index contributed by atoms with van der Waals surface area (Å²) in [4.78, 5) is 43.7. The fourth-order valence-electron chi connectivity index (χ4n) is 3.74. The summed E-state index contributed by atoms with van der Waals surface area (Å²) in [5, 5.41) is 26.0. The van der Waals surface area contributed by atoms with Crippen LogP contribution in [-0.2, 0) is 25.6 Å². The number of carbonyl (C=O) groups is 3. The van der Waals surface area contributed by atoms with Gasteiger partial charge in [-0.3, -0.25) is 14.5 Å². The number of β-lactam (4-membered cyclic amide) rings is 1. The molecule has 172 valence electrons. The highest BCUT2D eigenvalue weighted by Gasteiger charge is 2.53. The molecule has 1 aromatic carbocycles. The molecule has 0 bridgehead atoms. The van der Waals surface area contributed by atoms with Gasteiger partial charge in [0.05, 0.1) is 29.4 Å². The highest BCUT2D eigenvalue weighted by Crippen LogP contribution is 2.45. The van der Waals surface area contributed by atoms with Crippen LogP contribution in [0.2, 0.25) is 0 Å². The lowest BCUT2D eigenvalue weighted by Crippen LogP contribution is -2.62. The van der Waals surface area contributed by atoms with Gasteiger partial charge in [-0.1, -0.05) is 30.3 Å². The van der Waals surface area contributed by atoms with Crippen LogP contribution >= 0.6 is 11.8 Å². The van der Waals surface area contributed by atoms with Gasteiger partial charge in [-0.25, -0.2) is 4.79 Å². The lowest BCUT2D eigenvalue weighted by Gasteiger charge is -2.49. The molecular weight excluding hydrogens is 436 g/mol. The van der Waals surface area contributed by atoms with Crippen LogP contribution in [0.1, 0.15) is 25.8 Å². The zero-order chi connectivity index (χ0) is 23.3. The van der Waals surface area contributed by atoms with Gasteiger partial charge < -0.3 is 15.2 Å². The number of hydrazine groups is 1. The Kier molecular flexibility index (Phi) is 7.73. The lowest BCUT2D eigenvalue weighted by atomic mass is 9.89. The molecule has 0 aliphatic carbocycles. The Balaban J connectivity index is 1.65. The van der Waals surface area contributed by atoms with Crippen molar-refractivity contribution in [3.63, 3.8) is 0 Å². The molecule has 0 radical (unpaired) electrons. The van der Waals surface area contributed by atoms with Crippen molar-refractivity contribution in [2.45, 2.75) is 32.1 Å². The summed E-state index contributed by atoms with van der Waals surface area (Å²) in [6.07, 6.45) is 0.313. The summed E-state index contributed by atoms with van der Waals surface area (Å²) < 4.78 is 0. The number of hydrogen-bond donors (Lipinski definition) is 1. The van der Waals surface area contributed by atoms with E-state index in [-0.39, 0.29) is 36.8 Å². The molecule has 2 atom stereocenters. The minimum Gasteiger partial charge on any atom is -0.569 e. The van der Waals surface area contributed by atoms with Gasteiger partial charge in [-0.2, -0.15) is 0 Å². The number of fused-ring (bicyclic) bond motifs is 1. The largest absolute Gasteiger partial charge is 0.569 e. The molecule has 1 saturated heterocycles. The number of thioether (sulfide) groups is 1. The first kappa shape index (κ1) is 23.6. The number of hydrogen-bond acceptors (Lipinski definition) is 7. The minimum absolute atomic E-state index is 0.0597. The van der Waals surface area contributed by atoms with E-state index in [0.717, 1.165) is 5.56 Å². The molecule has 0 aromatic heterocycles. The number of carbonyl (C=O) groups excluding carboxylic acids is 2. The number of carboxylic acid groups (broad SMARTS) is 1. The van der Waals surface area contributed by atoms with Gasteiger partial charge in [0.15, 0.2) is 0 Å². The maximum absolute atomic E-state index is 12.7. The Morgan fingerprint density at radius 1 is 1.31 bits per heavy atom. The number of Topliss-reactive ketones (excluding diaryl/α,β-unsaturated/α-hetero) is 1. The van der Waals surface area contributed by atoms with Crippen LogP contribution in [0.5, 0.6) is 0 Å². The Bertz CT molecular complexity index is 931. The van der Waals surface area contributed by atoms with Crippen LogP contribution in [0, 0.1) is 11.1 Å². The molecule has 2 heterocycles. The Hall–Kier alpha value is -3.08. The van der Waals surface area contributed by atoms with Gasteiger partial charge >= 0.3 is 5.97 Å². The number of nitrogens with zero attached hydrogens (tertiary/aromatic N) is 4. The summed E-state index contributed by atoms with van der Waals surface area (Å²) in [5.41, 5.74) is 1.09. The highest BCUT2D eigenvalue weighted by atomic mass is 32.2. The molecule has 2 aliphatic rings. The van der Waals surface area contributed by atoms with Gasteiger partial charge in [0.1, 0.15) is 18.1 Å². The molecule has 11 heteroatoms. The zero-order valence-corrected chi connectivity index (χ0v) is 18.8. The van der Waals surface area contributed by atoms with E-state index < -0.39 is 17.3 Å². The second-order valence-corrected chi connectivity index (χ2v) is 8.53. The molecule has 0 spiro atoms. The van der Waals surface area contributed by atoms with E-state index in [1.165, 1.54) is 21.7 Å². The maximum atomic E-state index is 12.7. The summed E-state index contributed by atoms with van der Waals surface area (Å²) in [5.74, 6) is -1.94. The van der Waals surface area contributed by atoms with Crippen LogP contribution in [0.4, 0.5) is 0 Å². The Labute approximate surface area is 190 Å². The predicted octanol–water partition coefficient (Wildman–Crippen LogP) is 2.21. The van der Waals surface area contributed by atoms with Crippen molar-refractivity contribution in [1.82, 2.24) is 9.91 Å². The Morgan fingerprint density at radius 2 is 2.00 bits per heavy atom. The second-order valence-electron chi connectivity index (χ2n) is 7.43. The molecular formula is C21H26N4O6S. The first-order chi connectivity index (χ1) is 15.4. The monoisotopic (exact) mass is 462 g/mol. The molecule has 0 saturated carbocycles. The van der Waals surface area contributed by atoms with Crippen molar-refractivity contribution < 1.29 is 29.3 Å². The number of benzene rings is 1. The first-order valence-electron chi connectivity index (χ1n) is 10.4. The van der Waals surface area contributed by atoms with Crippen molar-refractivity contribution in [3.8, 4) is 0 Å². The number of amides is 1. The standard InChI is InChI=1S/C21H26N4O6S/c1-3-23(4-2)25(30)22-31-12-15-13-32-20-17(19(27)24(20)18(15)21(28)29)11-16(26)10-14-8-6-5-7-9-14/h5-9,17,20H,3-4,10-13H2,1-2H3,(H,28,29)/b25-22-. The van der Waals surface area contributed by atoms with E-state index in [2.05, 4.69) is 5.28 Å². The van der Waals surface area contributed by atoms with Gasteiger partial charge in [-0.15, -0.1) is 16.8 Å². The lowest BCUT2D eigenvalue weighted by molar-refractivity contribution is -0.709. The molecule has 32 heavy (non-hydrogen) atoms. The van der Waals surface area contributed by atoms with Crippen molar-refractivity contribution in [2.75, 3.05) is 25.4 Å². The van der Waals surface area contributed by atoms with Crippen LogP contribution in [0.3, 0.4) is 0 Å². The van der Waals surface area contributed by atoms with Crippen molar-refractivity contribution in [3.05, 3.63) is 52.4 Å². The Morgan fingerprint density at radius 3 is 2.62 bits per heavy atom. The van der Waals surface area contributed by atoms with E-state index in [1.54, 1.807) is 13.8 Å². The normalized spacial score (nSPS) is 20.5. The quantitative estimate of drug-likeness (QED) is 0.230. The molecule has 1 N–H and O–H groups in total. The van der Waals surface area contributed by atoms with Gasteiger partial charge in [0, 0.05) is 24.2 Å². The average molecular weight is 463 g/mol. The van der Waals surface area contributed by atoms with Gasteiger partial charge in [0.25, 0.3) is 0 Å². The molecule has 1 aromatic rings. The number of carboxylic acids is 1. The first-order valence-corrected chi connectivity index (χ1v) is 11.4. The summed E-state index contributed by atoms with van der Waals surface area (Å²) in [7, 11) is 0. The fourth-order valence-corrected chi connectivity index (χ4v) is 5.14. The van der Waals surface area contributed by atoms with E-state index in [1.807, 2.05) is 30.3 Å². The number of ketones is 1. The predicted molar refractivity (Wildman–Crippen MR) is 116 cm³/mol. The fraction of sp³-hybridized carbons (Fsp3) is 0.476. The van der Waals surface area contributed by atoms with E-state index in [9.17, 15) is 24.7 Å². The van der Waals surface area contributed by atoms with Crippen LogP contribution in [-0.4, -0.2) is 68.5 Å². The summed E-state index contributed by atoms with van der Waals surface area (Å²) in [6, 6.07) is 9.28. The smallest absolute Gasteiger partial charge is 0.352 e. The van der Waals surface area contributed by atoms with Gasteiger partial charge in [-0.05, 0) is 19.4 Å². The van der Waals surface area contributed by atoms with E-state index in [4.69, 9.17) is 4.84 Å². The summed E-state index contributed by atoms with van der Waals surface area (Å²) in [6.45, 7) is 4.26. The number of aliphatic carboxylic acids is 1. The highest BCUT2D eigenvalue weighted by molar-refractivity contribution is 8.00. The zero-order valence-electron chi connectivity index (χ0n) is 18.0. The van der Waals surface area contributed by atoms with E-state index in [0.29, 0.717) is 29.4 Å². The van der Waals surface area contributed by atoms with Crippen LogP contribution in [0.25, 0.3) is 0 Å². The molecule has 1 amide bonds. The third-order valence-corrected chi connectivity index (χ3v) is 6.79. The third-order valence-electron chi connectivity index (χ3n) is 5.39. The van der Waals surface area contributed by atoms with Crippen molar-refractivity contribution >= 4 is 29.4 Å². The molecule has 10 nitrogen and oxygen atoms in total.